The second-order valence-corrected chi connectivity index (χ2v) is 5.10. The molecule has 2 unspecified atom stereocenters. The average Bonchev–Trinajstić information content (AvgIpc) is 2.77. The quantitative estimate of drug-likeness (QED) is 0.755. The molecule has 0 aliphatic heterocycles. The highest BCUT2D eigenvalue weighted by Crippen LogP contribution is 2.12. The molecule has 1 N–H and O–H groups in total. The number of hydrogen-bond donors (Lipinski definition) is 1. The Kier molecular flexibility index (Phi) is 6.69. The van der Waals surface area contributed by atoms with Crippen LogP contribution in [0.15, 0.2) is 17.5 Å². The number of rotatable bonds is 8. The van der Waals surface area contributed by atoms with Gasteiger partial charge in [0.15, 0.2) is 0 Å². The van der Waals surface area contributed by atoms with E-state index in [9.17, 15) is 0 Å². The molecule has 16 heavy (non-hydrogen) atoms. The molecular formula is C13H23NOS. The second-order valence-electron chi connectivity index (χ2n) is 4.06. The van der Waals surface area contributed by atoms with Crippen molar-refractivity contribution in [1.29, 1.82) is 0 Å². The fourth-order valence-corrected chi connectivity index (χ4v) is 2.49. The fourth-order valence-electron chi connectivity index (χ4n) is 1.71. The van der Waals surface area contributed by atoms with Crippen molar-refractivity contribution in [1.82, 2.24) is 5.32 Å². The lowest BCUT2D eigenvalue weighted by Gasteiger charge is -2.19. The smallest absolute Gasteiger partial charge is 0.0671 e. The lowest BCUT2D eigenvalue weighted by molar-refractivity contribution is 0.0738. The topological polar surface area (TPSA) is 21.3 Å². The maximum absolute atomic E-state index is 5.51. The van der Waals surface area contributed by atoms with Crippen LogP contribution in [0.2, 0.25) is 0 Å². The normalized spacial score (nSPS) is 14.9. The summed E-state index contributed by atoms with van der Waals surface area (Å²) in [4.78, 5) is 1.46. The Balaban J connectivity index is 2.26. The van der Waals surface area contributed by atoms with Crippen LogP contribution in [0.25, 0.3) is 0 Å². The van der Waals surface area contributed by atoms with Gasteiger partial charge in [-0.05, 0) is 38.1 Å². The number of ether oxygens (including phenoxy) is 1. The predicted molar refractivity (Wildman–Crippen MR) is 71.2 cm³/mol. The van der Waals surface area contributed by atoms with Gasteiger partial charge in [-0.2, -0.15) is 0 Å². The van der Waals surface area contributed by atoms with Crippen LogP contribution < -0.4 is 5.32 Å². The van der Waals surface area contributed by atoms with Gasteiger partial charge in [0.05, 0.1) is 6.10 Å². The summed E-state index contributed by atoms with van der Waals surface area (Å²) in [7, 11) is 0. The molecule has 0 aliphatic rings. The summed E-state index contributed by atoms with van der Waals surface area (Å²) >= 11 is 1.84. The minimum Gasteiger partial charge on any atom is -0.377 e. The average molecular weight is 241 g/mol. The van der Waals surface area contributed by atoms with E-state index in [1.807, 2.05) is 18.3 Å². The van der Waals surface area contributed by atoms with E-state index in [-0.39, 0.29) is 0 Å². The number of hydrogen-bond acceptors (Lipinski definition) is 3. The van der Waals surface area contributed by atoms with E-state index >= 15 is 0 Å². The highest BCUT2D eigenvalue weighted by atomic mass is 32.1. The van der Waals surface area contributed by atoms with Crippen LogP contribution in [0.3, 0.4) is 0 Å². The third-order valence-corrected chi connectivity index (χ3v) is 3.56. The summed E-state index contributed by atoms with van der Waals surface area (Å²) in [5.74, 6) is 0. The summed E-state index contributed by atoms with van der Waals surface area (Å²) in [6, 6.07) is 4.90. The van der Waals surface area contributed by atoms with Gasteiger partial charge >= 0.3 is 0 Å². The summed E-state index contributed by atoms with van der Waals surface area (Å²) in [6.45, 7) is 8.13. The zero-order valence-electron chi connectivity index (χ0n) is 10.5. The minimum absolute atomic E-state index is 0.308. The lowest BCUT2D eigenvalue weighted by Crippen LogP contribution is -2.36. The van der Waals surface area contributed by atoms with E-state index in [0.29, 0.717) is 12.1 Å². The molecule has 1 heterocycles. The molecule has 1 aromatic heterocycles. The van der Waals surface area contributed by atoms with E-state index in [1.165, 1.54) is 4.88 Å². The molecular weight excluding hydrogens is 218 g/mol. The van der Waals surface area contributed by atoms with E-state index in [4.69, 9.17) is 4.74 Å². The van der Waals surface area contributed by atoms with E-state index in [0.717, 1.165) is 26.0 Å². The molecule has 3 heteroatoms. The lowest BCUT2D eigenvalue weighted by atomic mass is 10.1. The van der Waals surface area contributed by atoms with Crippen LogP contribution in [0.4, 0.5) is 0 Å². The third-order valence-electron chi connectivity index (χ3n) is 2.67. The van der Waals surface area contributed by atoms with Crippen molar-refractivity contribution >= 4 is 11.3 Å². The Morgan fingerprint density at radius 3 is 2.81 bits per heavy atom. The largest absolute Gasteiger partial charge is 0.377 e. The Bertz CT molecular complexity index is 261. The van der Waals surface area contributed by atoms with Crippen molar-refractivity contribution in [2.24, 2.45) is 0 Å². The molecule has 0 fully saturated rings. The molecule has 0 saturated carbocycles. The van der Waals surface area contributed by atoms with Gasteiger partial charge < -0.3 is 10.1 Å². The molecule has 0 radical (unpaired) electrons. The van der Waals surface area contributed by atoms with Gasteiger partial charge in [0.25, 0.3) is 0 Å². The molecule has 92 valence electrons. The molecule has 2 nitrogen and oxygen atoms in total. The molecule has 0 aromatic carbocycles. The standard InChI is InChI=1S/C13H23NOS/c1-4-12(9-13-7-6-8-16-13)14-10-11(3)15-5-2/h6-8,11-12,14H,4-5,9-10H2,1-3H3. The second kappa shape index (κ2) is 7.82. The molecule has 0 aliphatic carbocycles. The highest BCUT2D eigenvalue weighted by Gasteiger charge is 2.09. The Labute approximate surface area is 103 Å². The summed E-state index contributed by atoms with van der Waals surface area (Å²) in [5, 5.41) is 5.72. The van der Waals surface area contributed by atoms with Gasteiger partial charge in [0, 0.05) is 24.1 Å². The summed E-state index contributed by atoms with van der Waals surface area (Å²) in [5.41, 5.74) is 0. The van der Waals surface area contributed by atoms with Crippen molar-refractivity contribution in [3.05, 3.63) is 22.4 Å². The van der Waals surface area contributed by atoms with Crippen molar-refractivity contribution in [3.63, 3.8) is 0 Å². The number of thiophene rings is 1. The van der Waals surface area contributed by atoms with Crippen LogP contribution in [-0.4, -0.2) is 25.3 Å². The monoisotopic (exact) mass is 241 g/mol. The first-order valence-corrected chi connectivity index (χ1v) is 7.01. The van der Waals surface area contributed by atoms with Gasteiger partial charge in [-0.25, -0.2) is 0 Å². The SMILES string of the molecule is CCOC(C)CNC(CC)Cc1cccs1. The molecule has 0 bridgehead atoms. The van der Waals surface area contributed by atoms with Gasteiger partial charge in [0.1, 0.15) is 0 Å². The zero-order valence-corrected chi connectivity index (χ0v) is 11.3. The van der Waals surface area contributed by atoms with E-state index in [2.05, 4.69) is 36.7 Å². The fraction of sp³-hybridized carbons (Fsp3) is 0.692. The van der Waals surface area contributed by atoms with Crippen LogP contribution in [0, 0.1) is 0 Å². The minimum atomic E-state index is 0.308. The maximum Gasteiger partial charge on any atom is 0.0671 e. The molecule has 0 amide bonds. The Hall–Kier alpha value is -0.380. The molecule has 0 spiro atoms. The van der Waals surface area contributed by atoms with Gasteiger partial charge in [-0.1, -0.05) is 13.0 Å². The third kappa shape index (κ3) is 5.10. The first-order valence-electron chi connectivity index (χ1n) is 6.13. The summed E-state index contributed by atoms with van der Waals surface area (Å²) in [6.07, 6.45) is 2.60. The van der Waals surface area contributed by atoms with Crippen LogP contribution in [0.5, 0.6) is 0 Å². The number of nitrogens with one attached hydrogen (secondary N) is 1. The Morgan fingerprint density at radius 2 is 2.25 bits per heavy atom. The van der Waals surface area contributed by atoms with E-state index in [1.54, 1.807) is 0 Å². The molecule has 0 saturated heterocycles. The van der Waals surface area contributed by atoms with E-state index < -0.39 is 0 Å². The molecule has 1 aromatic rings. The van der Waals surface area contributed by atoms with Crippen LogP contribution in [0.1, 0.15) is 32.1 Å². The zero-order chi connectivity index (χ0) is 11.8. The molecule has 1 rings (SSSR count). The van der Waals surface area contributed by atoms with Crippen molar-refractivity contribution < 1.29 is 4.74 Å². The van der Waals surface area contributed by atoms with Crippen LogP contribution in [-0.2, 0) is 11.2 Å². The summed E-state index contributed by atoms with van der Waals surface area (Å²) < 4.78 is 5.51. The van der Waals surface area contributed by atoms with Gasteiger partial charge in [-0.3, -0.25) is 0 Å². The first-order chi connectivity index (χ1) is 7.76. The Morgan fingerprint density at radius 1 is 1.44 bits per heavy atom. The maximum atomic E-state index is 5.51. The predicted octanol–water partition coefficient (Wildman–Crippen LogP) is 3.08. The van der Waals surface area contributed by atoms with Gasteiger partial charge in [0.2, 0.25) is 0 Å². The van der Waals surface area contributed by atoms with Crippen molar-refractivity contribution in [2.45, 2.75) is 45.8 Å². The highest BCUT2D eigenvalue weighted by molar-refractivity contribution is 7.09. The molecule has 2 atom stereocenters. The van der Waals surface area contributed by atoms with Crippen LogP contribution >= 0.6 is 11.3 Å². The first kappa shape index (κ1) is 13.7. The van der Waals surface area contributed by atoms with Crippen molar-refractivity contribution in [3.8, 4) is 0 Å². The van der Waals surface area contributed by atoms with Crippen molar-refractivity contribution in [2.75, 3.05) is 13.2 Å². The van der Waals surface area contributed by atoms with Gasteiger partial charge in [-0.15, -0.1) is 11.3 Å².